The van der Waals surface area contributed by atoms with Gasteiger partial charge < -0.3 is 94.2 Å². The molecule has 1 aliphatic carbocycles. The number of aliphatic hydroxyl groups is 2. The van der Waals surface area contributed by atoms with Crippen LogP contribution in [-0.2, 0) is 66.5 Å². The molecule has 3 fully saturated rings. The molecule has 8 N–H and O–H groups in total. The number of aliphatic hydroxyl groups excluding tert-OH is 2. The van der Waals surface area contributed by atoms with E-state index in [1.165, 1.54) is 0 Å². The molecule has 27 heteroatoms. The first-order valence-electron chi connectivity index (χ1n) is 26.7. The monoisotopic (exact) mass is 1130 g/mol. The minimum absolute atomic E-state index is 0.0950. The second-order valence-corrected chi connectivity index (χ2v) is 24.6. The van der Waals surface area contributed by atoms with Gasteiger partial charge in [-0.2, -0.15) is 0 Å². The minimum Gasteiger partial charge on any atom is -0.455 e. The topological polar surface area (TPSA) is 351 Å². The predicted molar refractivity (Wildman–Crippen MR) is 279 cm³/mol. The van der Waals surface area contributed by atoms with Crippen LogP contribution in [0.3, 0.4) is 0 Å². The molecule has 0 radical (unpaired) electrons. The molecule has 79 heavy (non-hydrogen) atoms. The Morgan fingerprint density at radius 1 is 0.532 bits per heavy atom. The fourth-order valence-corrected chi connectivity index (χ4v) is 8.49. The van der Waals surface area contributed by atoms with E-state index in [0.29, 0.717) is 0 Å². The highest BCUT2D eigenvalue weighted by atomic mass is 16.7. The zero-order valence-corrected chi connectivity index (χ0v) is 49.2. The maximum absolute atomic E-state index is 14.5. The maximum atomic E-state index is 14.5. The molecule has 454 valence electrons. The van der Waals surface area contributed by atoms with Crippen molar-refractivity contribution in [2.75, 3.05) is 13.1 Å². The molecule has 0 spiro atoms. The molecule has 27 nitrogen and oxygen atoms in total. The number of amides is 6. The number of hydrogen-bond acceptors (Lipinski definition) is 21. The lowest BCUT2D eigenvalue weighted by atomic mass is 9.83. The van der Waals surface area contributed by atoms with Crippen molar-refractivity contribution in [3.8, 4) is 0 Å². The summed E-state index contributed by atoms with van der Waals surface area (Å²) in [5.74, 6) is -2.75. The van der Waals surface area contributed by atoms with E-state index in [0.717, 1.165) is 13.8 Å². The smallest absolute Gasteiger partial charge is 0.408 e. The van der Waals surface area contributed by atoms with Crippen LogP contribution in [0.1, 0.15) is 157 Å². The Labute approximate surface area is 463 Å². The van der Waals surface area contributed by atoms with Crippen LogP contribution in [0.5, 0.6) is 0 Å². The van der Waals surface area contributed by atoms with Crippen LogP contribution in [0.25, 0.3) is 0 Å². The van der Waals surface area contributed by atoms with Crippen molar-refractivity contribution in [3.63, 3.8) is 0 Å². The van der Waals surface area contributed by atoms with E-state index in [-0.39, 0.29) is 38.8 Å². The summed E-state index contributed by atoms with van der Waals surface area (Å²) in [6.07, 6.45) is -20.0. The fraction of sp³-hybridized carbons (Fsp3) is 0.846. The molecule has 0 aromatic heterocycles. The van der Waals surface area contributed by atoms with Gasteiger partial charge in [-0.25, -0.2) is 24.0 Å². The zero-order valence-electron chi connectivity index (χ0n) is 49.2. The van der Waals surface area contributed by atoms with Crippen LogP contribution >= 0.6 is 0 Å². The van der Waals surface area contributed by atoms with E-state index in [4.69, 9.17) is 52.1 Å². The third kappa shape index (κ3) is 24.4. The van der Waals surface area contributed by atoms with Crippen LogP contribution in [0.2, 0.25) is 0 Å². The SMILES string of the molecule is CCC1O[C@@H](O[C@H]2C(O)C(O[C@@H]3OC(CNC(=O)OC(C)(C)C)CCC3NC(=O)OC(C)(C)C)[C@@H](NC(=O)OC(C)(C)C)C[C@H]2NC(=O)[C@H](CCNC(=O)OC(C)(C)C)OC(C)=O)C(OC(C)=O)[C@@H](NC(=O)OC(C)(C)C)[C@H]1O. The number of carbonyl (C=O) groups excluding carboxylic acids is 8. The lowest BCUT2D eigenvalue weighted by molar-refractivity contribution is -0.315. The molecule has 3 rings (SSSR count). The highest BCUT2D eigenvalue weighted by Crippen LogP contribution is 2.35. The molecule has 1 saturated carbocycles. The van der Waals surface area contributed by atoms with Gasteiger partial charge in [0.15, 0.2) is 24.8 Å². The number of ether oxygens (including phenoxy) is 11. The van der Waals surface area contributed by atoms with E-state index in [9.17, 15) is 48.6 Å². The van der Waals surface area contributed by atoms with Crippen LogP contribution < -0.4 is 31.9 Å². The van der Waals surface area contributed by atoms with Gasteiger partial charge in [0.05, 0.1) is 30.3 Å². The van der Waals surface area contributed by atoms with Gasteiger partial charge >= 0.3 is 42.4 Å². The third-order valence-electron chi connectivity index (χ3n) is 11.4. The van der Waals surface area contributed by atoms with Crippen molar-refractivity contribution in [2.24, 2.45) is 0 Å². The van der Waals surface area contributed by atoms with Crippen LogP contribution in [0.4, 0.5) is 24.0 Å². The van der Waals surface area contributed by atoms with Crippen LogP contribution in [-0.4, -0.2) is 185 Å². The van der Waals surface area contributed by atoms with Crippen molar-refractivity contribution < 1.29 is 101 Å². The number of rotatable bonds is 17. The maximum Gasteiger partial charge on any atom is 0.408 e. The second kappa shape index (κ2) is 28.3. The van der Waals surface area contributed by atoms with Gasteiger partial charge in [-0.3, -0.25) is 14.4 Å². The van der Waals surface area contributed by atoms with E-state index >= 15 is 0 Å². The van der Waals surface area contributed by atoms with Gasteiger partial charge in [0.25, 0.3) is 5.91 Å². The van der Waals surface area contributed by atoms with Crippen molar-refractivity contribution >= 4 is 48.3 Å². The van der Waals surface area contributed by atoms with E-state index in [1.54, 1.807) is 111 Å². The summed E-state index contributed by atoms with van der Waals surface area (Å²) in [7, 11) is 0. The Morgan fingerprint density at radius 3 is 1.47 bits per heavy atom. The Morgan fingerprint density at radius 2 is 0.987 bits per heavy atom. The van der Waals surface area contributed by atoms with E-state index < -0.39 is 168 Å². The van der Waals surface area contributed by atoms with Gasteiger partial charge in [-0.1, -0.05) is 6.92 Å². The molecule has 6 unspecified atom stereocenters. The van der Waals surface area contributed by atoms with Gasteiger partial charge in [0.2, 0.25) is 0 Å². The summed E-state index contributed by atoms with van der Waals surface area (Å²) in [6.45, 7) is 28.1. The van der Waals surface area contributed by atoms with Crippen molar-refractivity contribution in [2.45, 2.75) is 270 Å². The number of carbonyl (C=O) groups is 8. The molecule has 14 atom stereocenters. The first-order valence-corrected chi connectivity index (χ1v) is 26.7. The number of nitrogens with one attached hydrogen (secondary N) is 6. The molecule has 2 aliphatic heterocycles. The lowest BCUT2D eigenvalue weighted by Gasteiger charge is -2.50. The molecular weight excluding hydrogens is 1040 g/mol. The summed E-state index contributed by atoms with van der Waals surface area (Å²) >= 11 is 0. The lowest BCUT2D eigenvalue weighted by Crippen LogP contribution is -2.70. The molecule has 0 bridgehead atoms. The average molecular weight is 1140 g/mol. The second-order valence-electron chi connectivity index (χ2n) is 24.6. The quantitative estimate of drug-likeness (QED) is 0.0754. The molecule has 0 aromatic carbocycles. The Balaban J connectivity index is 2.26. The van der Waals surface area contributed by atoms with Crippen molar-refractivity contribution in [3.05, 3.63) is 0 Å². The molecule has 2 saturated heterocycles. The van der Waals surface area contributed by atoms with Crippen molar-refractivity contribution in [1.29, 1.82) is 0 Å². The summed E-state index contributed by atoms with van der Waals surface area (Å²) in [5, 5.41) is 40.6. The van der Waals surface area contributed by atoms with E-state index in [2.05, 4.69) is 31.9 Å². The van der Waals surface area contributed by atoms with Gasteiger partial charge in [0.1, 0.15) is 58.5 Å². The molecule has 0 aromatic rings. The molecule has 6 amide bonds. The number of alkyl carbamates (subject to hydrolysis) is 5. The predicted octanol–water partition coefficient (Wildman–Crippen LogP) is 3.99. The molecule has 2 heterocycles. The fourth-order valence-electron chi connectivity index (χ4n) is 8.49. The van der Waals surface area contributed by atoms with Gasteiger partial charge in [-0.15, -0.1) is 0 Å². The third-order valence-corrected chi connectivity index (χ3v) is 11.4. The zero-order chi connectivity index (χ0) is 60.2. The van der Waals surface area contributed by atoms with Gasteiger partial charge in [0, 0.05) is 33.4 Å². The minimum atomic E-state index is -2.00. The Hall–Kier alpha value is -5.48. The summed E-state index contributed by atoms with van der Waals surface area (Å²) in [6, 6.07) is -5.29. The highest BCUT2D eigenvalue weighted by Gasteiger charge is 2.55. The summed E-state index contributed by atoms with van der Waals surface area (Å²) in [4.78, 5) is 106. The molecular formula is C52H90N6O21. The van der Waals surface area contributed by atoms with E-state index in [1.807, 2.05) is 0 Å². The largest absolute Gasteiger partial charge is 0.455 e. The standard InChI is InChI=1S/C52H90N6O21/c1-19-32-35(61)34(58-47(68)79-52(16,17)18)39(70-27(3)60)42(72-32)74-37-30(55-40(63)33(69-26(2)59)22-23-53-43(64)75-48(4,5)6)24-31(57-46(67)78-51(13,14)15)38(36(37)62)73-41-29(56-45(66)77-50(10,11)12)21-20-28(71-41)25-54-44(65)76-49(7,8)9/h28-39,41-42,61-62H,19-25H2,1-18H3,(H,53,64)(H,54,65)(H,55,63)(H,56,66)(H,57,67)(H,58,68)/t28?,29?,30-,31+,32?,33+,34+,35+,36?,37-,38?,39?,41+,42+/m1/s1. The number of hydrogen-bond donors (Lipinski definition) is 8. The first-order chi connectivity index (χ1) is 36.1. The van der Waals surface area contributed by atoms with Crippen LogP contribution in [0.15, 0.2) is 0 Å². The first kappa shape index (κ1) is 67.8. The van der Waals surface area contributed by atoms with Crippen LogP contribution in [0, 0.1) is 0 Å². The normalized spacial score (nSPS) is 28.0. The molecule has 3 aliphatic rings. The summed E-state index contributed by atoms with van der Waals surface area (Å²) < 4.78 is 64.6. The highest BCUT2D eigenvalue weighted by molar-refractivity contribution is 5.84. The number of esters is 2. The summed E-state index contributed by atoms with van der Waals surface area (Å²) in [5.41, 5.74) is -4.71. The van der Waals surface area contributed by atoms with Crippen molar-refractivity contribution in [1.82, 2.24) is 31.9 Å². The Kier molecular flexibility index (Phi) is 24.3. The average Bonchev–Trinajstić information content (AvgIpc) is 3.24. The van der Waals surface area contributed by atoms with Gasteiger partial charge in [-0.05, 0) is 130 Å². The Bertz CT molecular complexity index is 2080.